The van der Waals surface area contributed by atoms with Crippen LogP contribution >= 0.6 is 0 Å². The zero-order valence-electron chi connectivity index (χ0n) is 17.3. The van der Waals surface area contributed by atoms with Gasteiger partial charge in [-0.2, -0.15) is 4.31 Å². The Kier molecular flexibility index (Phi) is 4.68. The molecule has 0 spiro atoms. The van der Waals surface area contributed by atoms with E-state index in [2.05, 4.69) is 4.98 Å². The number of aryl methyl sites for hydroxylation is 1. The molecule has 2 aliphatic rings. The molecule has 3 atom stereocenters. The summed E-state index contributed by atoms with van der Waals surface area (Å²) in [6, 6.07) is 7.48. The predicted octanol–water partition coefficient (Wildman–Crippen LogP) is 1.58. The number of para-hydroxylation sites is 1. The molecule has 0 radical (unpaired) electrons. The molecule has 3 heterocycles. The first-order valence-electron chi connectivity index (χ1n) is 10.2. The molecular formula is C21H24N4O5S. The number of fused-ring (bicyclic) bond motifs is 6. The van der Waals surface area contributed by atoms with Gasteiger partial charge >= 0.3 is 5.97 Å². The van der Waals surface area contributed by atoms with Crippen molar-refractivity contribution in [3.8, 4) is 0 Å². The molecule has 1 aliphatic heterocycles. The number of methoxy groups -OCH3 is 1. The van der Waals surface area contributed by atoms with Gasteiger partial charge in [-0.15, -0.1) is 0 Å². The molecule has 10 heteroatoms. The highest BCUT2D eigenvalue weighted by Crippen LogP contribution is 2.46. The summed E-state index contributed by atoms with van der Waals surface area (Å²) >= 11 is 0. The van der Waals surface area contributed by atoms with Crippen LogP contribution < -0.4 is 0 Å². The number of nitrogens with zero attached hydrogens (tertiary/aromatic N) is 4. The molecule has 2 aromatic heterocycles. The maximum absolute atomic E-state index is 13.4. The van der Waals surface area contributed by atoms with Crippen molar-refractivity contribution < 1.29 is 23.1 Å². The number of imidazole rings is 1. The van der Waals surface area contributed by atoms with Gasteiger partial charge in [0.15, 0.2) is 5.03 Å². The van der Waals surface area contributed by atoms with E-state index in [0.29, 0.717) is 12.8 Å². The Bertz CT molecular complexity index is 1280. The lowest BCUT2D eigenvalue weighted by Gasteiger charge is -2.46. The van der Waals surface area contributed by atoms with E-state index in [0.717, 1.165) is 22.2 Å². The van der Waals surface area contributed by atoms with Crippen molar-refractivity contribution in [1.29, 1.82) is 0 Å². The van der Waals surface area contributed by atoms with Crippen LogP contribution in [0.2, 0.25) is 0 Å². The number of aromatic nitrogens is 3. The highest BCUT2D eigenvalue weighted by atomic mass is 32.2. The molecule has 164 valence electrons. The Morgan fingerprint density at radius 1 is 1.32 bits per heavy atom. The smallest absolute Gasteiger partial charge is 0.323 e. The molecule has 1 fully saturated rings. The third-order valence-corrected chi connectivity index (χ3v) is 8.31. The van der Waals surface area contributed by atoms with Gasteiger partial charge < -0.3 is 19.0 Å². The van der Waals surface area contributed by atoms with E-state index < -0.39 is 16.0 Å². The number of rotatable bonds is 5. The van der Waals surface area contributed by atoms with Gasteiger partial charge in [-0.05, 0) is 24.5 Å². The molecule has 1 aromatic carbocycles. The molecule has 5 rings (SSSR count). The van der Waals surface area contributed by atoms with E-state index in [-0.39, 0.29) is 36.2 Å². The van der Waals surface area contributed by atoms with Gasteiger partial charge in [0.05, 0.1) is 12.4 Å². The molecular weight excluding hydrogens is 420 g/mol. The van der Waals surface area contributed by atoms with Crippen molar-refractivity contribution in [2.24, 2.45) is 7.05 Å². The van der Waals surface area contributed by atoms with Crippen LogP contribution in [0.1, 0.15) is 23.6 Å². The highest BCUT2D eigenvalue weighted by Gasteiger charge is 2.48. The lowest BCUT2D eigenvalue weighted by molar-refractivity contribution is -0.137. The Balaban J connectivity index is 1.65. The van der Waals surface area contributed by atoms with E-state index in [9.17, 15) is 18.3 Å². The maximum Gasteiger partial charge on any atom is 0.323 e. The normalized spacial score (nSPS) is 23.7. The van der Waals surface area contributed by atoms with Crippen LogP contribution in [-0.2, 0) is 39.6 Å². The molecule has 0 saturated carbocycles. The summed E-state index contributed by atoms with van der Waals surface area (Å²) in [5.74, 6) is -0.990. The van der Waals surface area contributed by atoms with Crippen molar-refractivity contribution in [1.82, 2.24) is 18.4 Å². The highest BCUT2D eigenvalue weighted by molar-refractivity contribution is 7.89. The summed E-state index contributed by atoms with van der Waals surface area (Å²) < 4.78 is 37.6. The van der Waals surface area contributed by atoms with Crippen LogP contribution in [0, 0.1) is 0 Å². The van der Waals surface area contributed by atoms with E-state index in [4.69, 9.17) is 4.74 Å². The second kappa shape index (κ2) is 7.18. The minimum absolute atomic E-state index is 0.0300. The lowest BCUT2D eigenvalue weighted by Crippen LogP contribution is -2.55. The molecule has 1 aliphatic carbocycles. The van der Waals surface area contributed by atoms with Gasteiger partial charge in [0.1, 0.15) is 6.54 Å². The fraction of sp³-hybridized carbons (Fsp3) is 0.429. The summed E-state index contributed by atoms with van der Waals surface area (Å²) in [5, 5.41) is 10.5. The minimum atomic E-state index is -3.78. The second-order valence-corrected chi connectivity index (χ2v) is 10.1. The van der Waals surface area contributed by atoms with Crippen molar-refractivity contribution in [2.45, 2.75) is 42.5 Å². The quantitative estimate of drug-likeness (QED) is 0.640. The Morgan fingerprint density at radius 3 is 2.77 bits per heavy atom. The minimum Gasteiger partial charge on any atom is -0.480 e. The monoisotopic (exact) mass is 444 g/mol. The summed E-state index contributed by atoms with van der Waals surface area (Å²) in [6.07, 6.45) is 3.71. The lowest BCUT2D eigenvalue weighted by atomic mass is 9.77. The van der Waals surface area contributed by atoms with Gasteiger partial charge in [-0.1, -0.05) is 18.2 Å². The van der Waals surface area contributed by atoms with E-state index in [1.54, 1.807) is 18.7 Å². The molecule has 9 nitrogen and oxygen atoms in total. The first-order valence-corrected chi connectivity index (χ1v) is 11.6. The first kappa shape index (κ1) is 20.2. The van der Waals surface area contributed by atoms with Gasteiger partial charge in [0, 0.05) is 55.5 Å². The zero-order chi connectivity index (χ0) is 21.9. The van der Waals surface area contributed by atoms with Crippen molar-refractivity contribution in [2.75, 3.05) is 13.7 Å². The molecule has 0 amide bonds. The van der Waals surface area contributed by atoms with Crippen molar-refractivity contribution in [3.63, 3.8) is 0 Å². The topological polar surface area (TPSA) is 107 Å². The Hall–Kier alpha value is -2.69. The number of hydrogen-bond acceptors (Lipinski definition) is 5. The van der Waals surface area contributed by atoms with Crippen LogP contribution in [0.5, 0.6) is 0 Å². The fourth-order valence-corrected chi connectivity index (χ4v) is 6.86. The fourth-order valence-electron chi connectivity index (χ4n) is 5.24. The number of sulfonamides is 1. The number of carboxylic acids is 1. The van der Waals surface area contributed by atoms with Crippen LogP contribution in [-0.4, -0.2) is 63.7 Å². The Morgan fingerprint density at radius 2 is 2.10 bits per heavy atom. The maximum atomic E-state index is 13.4. The Labute approximate surface area is 179 Å². The third-order valence-electron chi connectivity index (χ3n) is 6.50. The average molecular weight is 445 g/mol. The SMILES string of the molecule is CO[C@H]1CN(S(=O)(=O)c2cn(C)cn2)[C@H]2Cc3c(n(CC(=O)O)c4ccccc34)[C@@H]1C2. The molecule has 3 aromatic rings. The molecule has 31 heavy (non-hydrogen) atoms. The van der Waals surface area contributed by atoms with Crippen molar-refractivity contribution in [3.05, 3.63) is 48.0 Å². The molecule has 1 saturated heterocycles. The summed E-state index contributed by atoms with van der Waals surface area (Å²) in [4.78, 5) is 15.7. The van der Waals surface area contributed by atoms with Gasteiger partial charge in [0.2, 0.25) is 0 Å². The number of carboxylic acid groups (broad SMARTS) is 1. The predicted molar refractivity (Wildman–Crippen MR) is 112 cm³/mol. The number of benzene rings is 1. The van der Waals surface area contributed by atoms with Gasteiger partial charge in [-0.3, -0.25) is 4.79 Å². The van der Waals surface area contributed by atoms with Gasteiger partial charge in [0.25, 0.3) is 10.0 Å². The van der Waals surface area contributed by atoms with Gasteiger partial charge in [-0.25, -0.2) is 13.4 Å². The van der Waals surface area contributed by atoms with Crippen molar-refractivity contribution >= 4 is 26.9 Å². The summed E-state index contributed by atoms with van der Waals surface area (Å²) in [6.45, 7) is 0.0716. The molecule has 1 N–H and O–H groups in total. The van der Waals surface area contributed by atoms with Crippen LogP contribution in [0.25, 0.3) is 10.9 Å². The molecule has 0 unspecified atom stereocenters. The van der Waals surface area contributed by atoms with Crippen LogP contribution in [0.15, 0.2) is 41.8 Å². The number of ether oxygens (including phenoxy) is 1. The molecule has 2 bridgehead atoms. The van der Waals surface area contributed by atoms with E-state index in [1.807, 2.05) is 28.8 Å². The summed E-state index contributed by atoms with van der Waals surface area (Å²) in [7, 11) is -0.468. The third kappa shape index (κ3) is 3.08. The first-order chi connectivity index (χ1) is 14.8. The average Bonchev–Trinajstić information content (AvgIpc) is 3.31. The van der Waals surface area contributed by atoms with Crippen LogP contribution in [0.3, 0.4) is 0 Å². The number of aliphatic carboxylic acids is 1. The number of piperidine rings is 1. The zero-order valence-corrected chi connectivity index (χ0v) is 18.1. The summed E-state index contributed by atoms with van der Waals surface area (Å²) in [5.41, 5.74) is 2.83. The number of hydrogen-bond donors (Lipinski definition) is 1. The van der Waals surface area contributed by atoms with Crippen LogP contribution in [0.4, 0.5) is 0 Å². The van der Waals surface area contributed by atoms with E-state index >= 15 is 0 Å². The number of carbonyl (C=O) groups is 1. The second-order valence-electron chi connectivity index (χ2n) is 8.29. The van der Waals surface area contributed by atoms with E-state index in [1.165, 1.54) is 16.8 Å². The standard InChI is InChI=1S/C21H24N4O5S/c1-23-10-19(22-12-23)31(28,29)25-9-18(30-2)16-8-13(25)7-15-14-5-3-4-6-17(14)24(21(15)16)11-20(26)27/h3-6,10,12-13,16,18H,7-9,11H2,1-2H3,(H,26,27)/t13-,16+,18-/m0/s1. The largest absolute Gasteiger partial charge is 0.480 e.